The molecule has 2 aliphatic rings. The molecule has 2 saturated carbocycles. The smallest absolute Gasteiger partial charge is 0.226 e. The maximum absolute atomic E-state index is 12.3. The van der Waals surface area contributed by atoms with Gasteiger partial charge in [-0.2, -0.15) is 0 Å². The van der Waals surface area contributed by atoms with E-state index < -0.39 is 0 Å². The largest absolute Gasteiger partial charge is 0.301 e. The van der Waals surface area contributed by atoms with Crippen LogP contribution < -0.4 is 5.32 Å². The van der Waals surface area contributed by atoms with Crippen molar-refractivity contribution in [2.75, 3.05) is 5.32 Å². The molecule has 0 bridgehead atoms. The number of amides is 1. The van der Waals surface area contributed by atoms with Crippen molar-refractivity contribution in [3.05, 3.63) is 15.0 Å². The van der Waals surface area contributed by atoms with E-state index in [0.29, 0.717) is 42.0 Å². The average Bonchev–Trinajstić information content (AvgIpc) is 3.55. The van der Waals surface area contributed by atoms with Gasteiger partial charge in [0.15, 0.2) is 0 Å². The summed E-state index contributed by atoms with van der Waals surface area (Å²) in [5.74, 6) is 1.50. The van der Waals surface area contributed by atoms with Crippen molar-refractivity contribution in [1.29, 1.82) is 0 Å². The lowest BCUT2D eigenvalue weighted by Crippen LogP contribution is -2.14. The van der Waals surface area contributed by atoms with Gasteiger partial charge in [0.2, 0.25) is 11.0 Å². The van der Waals surface area contributed by atoms with E-state index in [9.17, 15) is 9.59 Å². The third kappa shape index (κ3) is 7.40. The van der Waals surface area contributed by atoms with Crippen molar-refractivity contribution < 1.29 is 9.59 Å². The molecule has 2 heterocycles. The number of nitrogens with zero attached hydrogens (tertiary/aromatic N) is 4. The number of aromatic nitrogens is 4. The molecule has 9 heteroatoms. The number of carbonyl (C=O) groups excluding carboxylic acids is 2. The van der Waals surface area contributed by atoms with Gasteiger partial charge in [-0.25, -0.2) is 0 Å². The predicted molar refractivity (Wildman–Crippen MR) is 127 cm³/mol. The molecule has 1 amide bonds. The molecule has 7 nitrogen and oxygen atoms in total. The van der Waals surface area contributed by atoms with E-state index in [2.05, 4.69) is 25.7 Å². The number of nitrogens with one attached hydrogen (secondary N) is 1. The molecule has 4 rings (SSSR count). The first-order valence-electron chi connectivity index (χ1n) is 12.1. The van der Waals surface area contributed by atoms with Crippen LogP contribution in [0.1, 0.15) is 92.1 Å². The van der Waals surface area contributed by atoms with Gasteiger partial charge in [-0.05, 0) is 37.5 Å². The third-order valence-corrected chi connectivity index (χ3v) is 8.42. The van der Waals surface area contributed by atoms with Crippen LogP contribution in [0.15, 0.2) is 0 Å². The van der Waals surface area contributed by atoms with Crippen LogP contribution in [0.2, 0.25) is 0 Å². The number of unbranched alkanes of at least 4 members (excludes halogenated alkanes) is 1. The Hall–Kier alpha value is -1.74. The van der Waals surface area contributed by atoms with E-state index in [1.807, 2.05) is 0 Å². The Morgan fingerprint density at radius 2 is 1.31 bits per heavy atom. The zero-order valence-corrected chi connectivity index (χ0v) is 20.3. The Labute approximate surface area is 197 Å². The second kappa shape index (κ2) is 11.9. The molecule has 2 aliphatic carbocycles. The van der Waals surface area contributed by atoms with Crippen molar-refractivity contribution in [2.45, 2.75) is 96.3 Å². The Morgan fingerprint density at radius 1 is 0.750 bits per heavy atom. The summed E-state index contributed by atoms with van der Waals surface area (Å²) in [7, 11) is 0. The number of Topliss-reactive ketones (excluding diaryl/α,β-unsaturated/α-hetero) is 1. The summed E-state index contributed by atoms with van der Waals surface area (Å²) in [6.45, 7) is 0. The van der Waals surface area contributed by atoms with Gasteiger partial charge in [-0.1, -0.05) is 49.9 Å². The topological polar surface area (TPSA) is 97.7 Å². The second-order valence-electron chi connectivity index (χ2n) is 9.27. The summed E-state index contributed by atoms with van der Waals surface area (Å²) in [5, 5.41) is 23.2. The molecular weight excluding hydrogens is 442 g/mol. The van der Waals surface area contributed by atoms with Crippen LogP contribution in [0.4, 0.5) is 5.13 Å². The van der Waals surface area contributed by atoms with Crippen LogP contribution in [0.3, 0.4) is 0 Å². The molecule has 0 aromatic carbocycles. The standard InChI is InChI=1S/C23H33N5O2S2/c29-18(13-16-7-1-2-8-16)15-22-27-25-20(31-22)11-5-6-12-21-26-28-23(32-21)24-19(30)14-17-9-3-4-10-17/h16-17H,1-15H2,(H,24,28,30). The SMILES string of the molecule is O=C(Cc1nnc(CCCCc2nnc(NC(=O)CC3CCCC3)s2)s1)CC1CCCC1. The van der Waals surface area contributed by atoms with Crippen LogP contribution in [0.25, 0.3) is 0 Å². The van der Waals surface area contributed by atoms with Crippen LogP contribution in [0, 0.1) is 11.8 Å². The summed E-state index contributed by atoms with van der Waals surface area (Å²) >= 11 is 3.05. The minimum absolute atomic E-state index is 0.0633. The van der Waals surface area contributed by atoms with Crippen LogP contribution >= 0.6 is 22.7 Å². The summed E-state index contributed by atoms with van der Waals surface area (Å²) in [4.78, 5) is 24.4. The van der Waals surface area contributed by atoms with Gasteiger partial charge in [-0.15, -0.1) is 31.7 Å². The first kappa shape index (κ1) is 23.4. The number of rotatable bonds is 12. The third-order valence-electron chi connectivity index (χ3n) is 6.54. The maximum atomic E-state index is 12.3. The highest BCUT2D eigenvalue weighted by atomic mass is 32.1. The van der Waals surface area contributed by atoms with Crippen molar-refractivity contribution in [3.8, 4) is 0 Å². The fourth-order valence-electron chi connectivity index (χ4n) is 4.84. The fourth-order valence-corrected chi connectivity index (χ4v) is 6.56. The van der Waals surface area contributed by atoms with Crippen molar-refractivity contribution in [2.24, 2.45) is 11.8 Å². The maximum Gasteiger partial charge on any atom is 0.226 e. The zero-order valence-electron chi connectivity index (χ0n) is 18.7. The summed E-state index contributed by atoms with van der Waals surface area (Å²) in [6.07, 6.45) is 15.2. The Bertz CT molecular complexity index is 812. The highest BCUT2D eigenvalue weighted by Crippen LogP contribution is 2.29. The van der Waals surface area contributed by atoms with E-state index in [4.69, 9.17) is 0 Å². The molecule has 2 fully saturated rings. The highest BCUT2D eigenvalue weighted by molar-refractivity contribution is 7.15. The van der Waals surface area contributed by atoms with Gasteiger partial charge < -0.3 is 5.32 Å². The number of aryl methyl sites for hydroxylation is 2. The van der Waals surface area contributed by atoms with Crippen LogP contribution in [-0.2, 0) is 28.9 Å². The second-order valence-corrected chi connectivity index (χ2v) is 11.5. The number of anilines is 1. The van der Waals surface area contributed by atoms with E-state index in [0.717, 1.165) is 40.7 Å². The summed E-state index contributed by atoms with van der Waals surface area (Å²) in [6, 6.07) is 0. The molecule has 0 unspecified atom stereocenters. The van der Waals surface area contributed by atoms with Crippen LogP contribution in [0.5, 0.6) is 0 Å². The number of carbonyl (C=O) groups is 2. The van der Waals surface area contributed by atoms with E-state index in [1.165, 1.54) is 62.7 Å². The van der Waals surface area contributed by atoms with Crippen molar-refractivity contribution >= 4 is 39.5 Å². The minimum atomic E-state index is 0.0633. The number of ketones is 1. The zero-order chi connectivity index (χ0) is 22.2. The van der Waals surface area contributed by atoms with Gasteiger partial charge in [0.25, 0.3) is 0 Å². The molecule has 2 aromatic rings. The number of hydrogen-bond donors (Lipinski definition) is 1. The lowest BCUT2D eigenvalue weighted by atomic mass is 10.00. The fraction of sp³-hybridized carbons (Fsp3) is 0.739. The van der Waals surface area contributed by atoms with Crippen molar-refractivity contribution in [3.63, 3.8) is 0 Å². The monoisotopic (exact) mass is 475 g/mol. The first-order chi connectivity index (χ1) is 15.6. The van der Waals surface area contributed by atoms with E-state index in [-0.39, 0.29) is 5.91 Å². The molecule has 0 atom stereocenters. The molecule has 1 N–H and O–H groups in total. The molecule has 174 valence electrons. The van der Waals surface area contributed by atoms with Gasteiger partial charge in [-0.3, -0.25) is 9.59 Å². The lowest BCUT2D eigenvalue weighted by Gasteiger charge is -2.06. The van der Waals surface area contributed by atoms with Gasteiger partial charge >= 0.3 is 0 Å². The van der Waals surface area contributed by atoms with E-state index >= 15 is 0 Å². The molecule has 32 heavy (non-hydrogen) atoms. The molecule has 2 aromatic heterocycles. The molecule has 0 aliphatic heterocycles. The van der Waals surface area contributed by atoms with Gasteiger partial charge in [0, 0.05) is 25.7 Å². The number of hydrogen-bond acceptors (Lipinski definition) is 8. The normalized spacial score (nSPS) is 17.2. The lowest BCUT2D eigenvalue weighted by molar-refractivity contribution is -0.119. The van der Waals surface area contributed by atoms with Gasteiger partial charge in [0.05, 0.1) is 6.42 Å². The predicted octanol–water partition coefficient (Wildman–Crippen LogP) is 5.17. The molecule has 0 radical (unpaired) electrons. The Balaban J connectivity index is 1.11. The van der Waals surface area contributed by atoms with E-state index in [1.54, 1.807) is 11.3 Å². The molecular formula is C23H33N5O2S2. The summed E-state index contributed by atoms with van der Waals surface area (Å²) < 4.78 is 0. The highest BCUT2D eigenvalue weighted by Gasteiger charge is 2.20. The first-order valence-corrected chi connectivity index (χ1v) is 13.7. The minimum Gasteiger partial charge on any atom is -0.301 e. The molecule has 0 saturated heterocycles. The Morgan fingerprint density at radius 3 is 2.00 bits per heavy atom. The quantitative estimate of drug-likeness (QED) is 0.426. The summed E-state index contributed by atoms with van der Waals surface area (Å²) in [5.41, 5.74) is 0. The molecule has 0 spiro atoms. The van der Waals surface area contributed by atoms with Gasteiger partial charge in [0.1, 0.15) is 20.8 Å². The van der Waals surface area contributed by atoms with Crippen LogP contribution in [-0.4, -0.2) is 32.1 Å². The average molecular weight is 476 g/mol. The van der Waals surface area contributed by atoms with Crippen molar-refractivity contribution in [1.82, 2.24) is 20.4 Å². The Kier molecular flexibility index (Phi) is 8.73.